The van der Waals surface area contributed by atoms with Crippen LogP contribution in [0.4, 0.5) is 10.1 Å². The van der Waals surface area contributed by atoms with Crippen molar-refractivity contribution in [3.05, 3.63) is 48.3 Å². The lowest BCUT2D eigenvalue weighted by molar-refractivity contribution is -0.119. The number of benzene rings is 2. The molecule has 1 amide bonds. The zero-order chi connectivity index (χ0) is 21.5. The number of hydrogen-bond acceptors (Lipinski definition) is 7. The van der Waals surface area contributed by atoms with Gasteiger partial charge in [0.15, 0.2) is 4.34 Å². The number of aliphatic hydroxyl groups is 1. The number of thiazole rings is 1. The normalized spacial score (nSPS) is 20.0. The van der Waals surface area contributed by atoms with Crippen molar-refractivity contribution in [3.63, 3.8) is 0 Å². The van der Waals surface area contributed by atoms with Crippen LogP contribution >= 0.6 is 23.1 Å². The van der Waals surface area contributed by atoms with Crippen LogP contribution in [0.5, 0.6) is 0 Å². The van der Waals surface area contributed by atoms with Gasteiger partial charge >= 0.3 is 0 Å². The minimum atomic E-state index is -4.07. The quantitative estimate of drug-likeness (QED) is 0.560. The molecule has 11 heteroatoms. The van der Waals surface area contributed by atoms with E-state index in [-0.39, 0.29) is 17.9 Å². The molecule has 0 unspecified atom stereocenters. The van der Waals surface area contributed by atoms with E-state index in [1.54, 1.807) is 18.2 Å². The van der Waals surface area contributed by atoms with Crippen molar-refractivity contribution in [2.24, 2.45) is 0 Å². The highest BCUT2D eigenvalue weighted by Gasteiger charge is 2.43. The van der Waals surface area contributed by atoms with Crippen molar-refractivity contribution in [3.8, 4) is 0 Å². The van der Waals surface area contributed by atoms with Gasteiger partial charge < -0.3 is 10.4 Å². The third kappa shape index (κ3) is 4.08. The topological polar surface area (TPSA) is 99.6 Å². The van der Waals surface area contributed by atoms with Crippen LogP contribution in [0, 0.1) is 5.82 Å². The highest BCUT2D eigenvalue weighted by molar-refractivity contribution is 8.00. The lowest BCUT2D eigenvalue weighted by atomic mass is 10.2. The fourth-order valence-corrected chi connectivity index (χ4v) is 6.49. The van der Waals surface area contributed by atoms with Crippen LogP contribution in [-0.4, -0.2) is 53.7 Å². The van der Waals surface area contributed by atoms with E-state index in [9.17, 15) is 22.7 Å². The second-order valence-corrected chi connectivity index (χ2v) is 10.8. The number of fused-ring (bicyclic) bond motifs is 1. The molecular weight excluding hydrogens is 449 g/mol. The van der Waals surface area contributed by atoms with E-state index in [4.69, 9.17) is 0 Å². The molecule has 0 saturated carbocycles. The molecule has 0 spiro atoms. The number of carbonyl (C=O) groups excluding carboxylic acids is 1. The molecular formula is C19H18FN3O4S3. The number of β-amino-alcohol motifs (C(OH)–C–C–N with tert-alkyl or cyclic N) is 1. The van der Waals surface area contributed by atoms with Crippen LogP contribution in [0.25, 0.3) is 10.2 Å². The number of aliphatic hydroxyl groups excluding tert-OH is 1. The molecule has 1 saturated heterocycles. The Bertz CT molecular complexity index is 1200. The van der Waals surface area contributed by atoms with Crippen LogP contribution in [0.1, 0.15) is 6.42 Å². The zero-order valence-electron chi connectivity index (χ0n) is 15.8. The van der Waals surface area contributed by atoms with Gasteiger partial charge in [-0.1, -0.05) is 11.8 Å². The maximum absolute atomic E-state index is 13.2. The smallest absolute Gasteiger partial charge is 0.243 e. The van der Waals surface area contributed by atoms with Gasteiger partial charge in [-0.25, -0.2) is 17.8 Å². The van der Waals surface area contributed by atoms with Gasteiger partial charge in [-0.15, -0.1) is 11.3 Å². The van der Waals surface area contributed by atoms with E-state index in [1.807, 2.05) is 6.26 Å². The van der Waals surface area contributed by atoms with E-state index in [1.165, 1.54) is 23.1 Å². The number of nitrogens with one attached hydrogen (secondary N) is 1. The molecule has 30 heavy (non-hydrogen) atoms. The van der Waals surface area contributed by atoms with Crippen LogP contribution in [-0.2, 0) is 14.8 Å². The van der Waals surface area contributed by atoms with E-state index < -0.39 is 33.9 Å². The van der Waals surface area contributed by atoms with Gasteiger partial charge in [0.1, 0.15) is 11.9 Å². The molecule has 2 N–H and O–H groups in total. The Kier molecular flexibility index (Phi) is 5.82. The first kappa shape index (κ1) is 21.2. The Labute approximate surface area is 181 Å². The molecule has 0 bridgehead atoms. The number of carbonyl (C=O) groups is 1. The highest BCUT2D eigenvalue weighted by Crippen LogP contribution is 2.31. The van der Waals surface area contributed by atoms with E-state index in [0.717, 1.165) is 43.1 Å². The average Bonchev–Trinajstić information content (AvgIpc) is 3.31. The van der Waals surface area contributed by atoms with Gasteiger partial charge in [0.25, 0.3) is 0 Å². The summed E-state index contributed by atoms with van der Waals surface area (Å²) in [5.41, 5.74) is 1.34. The summed E-state index contributed by atoms with van der Waals surface area (Å²) in [7, 11) is -4.07. The van der Waals surface area contributed by atoms with Crippen molar-refractivity contribution in [2.75, 3.05) is 18.1 Å². The molecule has 7 nitrogen and oxygen atoms in total. The lowest BCUT2D eigenvalue weighted by Crippen LogP contribution is -2.43. The molecule has 0 radical (unpaired) electrons. The Morgan fingerprint density at radius 2 is 2.03 bits per heavy atom. The number of sulfonamides is 1. The number of thioether (sulfide) groups is 1. The summed E-state index contributed by atoms with van der Waals surface area (Å²) in [6.07, 6.45) is 0.942. The summed E-state index contributed by atoms with van der Waals surface area (Å²) in [5.74, 6) is -1.10. The summed E-state index contributed by atoms with van der Waals surface area (Å²) in [5, 5.41) is 12.8. The Morgan fingerprint density at radius 3 is 2.73 bits per heavy atom. The average molecular weight is 468 g/mol. The molecule has 0 aliphatic carbocycles. The molecule has 2 aromatic carbocycles. The first-order chi connectivity index (χ1) is 14.3. The Hall–Kier alpha value is -2.05. The number of aromatic nitrogens is 1. The van der Waals surface area contributed by atoms with E-state index >= 15 is 0 Å². The molecule has 2 heterocycles. The molecule has 3 aromatic rings. The fourth-order valence-electron chi connectivity index (χ4n) is 3.32. The monoisotopic (exact) mass is 467 g/mol. The minimum Gasteiger partial charge on any atom is -0.392 e. The van der Waals surface area contributed by atoms with Crippen molar-refractivity contribution in [1.82, 2.24) is 9.29 Å². The van der Waals surface area contributed by atoms with Crippen molar-refractivity contribution >= 4 is 54.9 Å². The first-order valence-electron chi connectivity index (χ1n) is 8.99. The number of hydrogen-bond donors (Lipinski definition) is 2. The highest BCUT2D eigenvalue weighted by atomic mass is 32.2. The molecule has 1 aliphatic heterocycles. The predicted octanol–water partition coefficient (Wildman–Crippen LogP) is 2.92. The summed E-state index contributed by atoms with van der Waals surface area (Å²) in [6, 6.07) is 8.58. The maximum Gasteiger partial charge on any atom is 0.243 e. The fraction of sp³-hybridized carbons (Fsp3) is 0.263. The first-order valence-corrected chi connectivity index (χ1v) is 12.5. The molecule has 158 valence electrons. The number of amides is 1. The minimum absolute atomic E-state index is 0.0221. The van der Waals surface area contributed by atoms with Crippen molar-refractivity contribution in [2.45, 2.75) is 27.8 Å². The SMILES string of the molecule is CSc1nc2ccc(NC(=O)[C@@H]3C[C@@H](O)CN3S(=O)(=O)c3ccc(F)cc3)cc2s1. The summed E-state index contributed by atoms with van der Waals surface area (Å²) >= 11 is 3.03. The van der Waals surface area contributed by atoms with Gasteiger partial charge in [-0.2, -0.15) is 4.31 Å². The van der Waals surface area contributed by atoms with Crippen molar-refractivity contribution in [1.29, 1.82) is 0 Å². The van der Waals surface area contributed by atoms with E-state index in [2.05, 4.69) is 10.3 Å². The summed E-state index contributed by atoms with van der Waals surface area (Å²) < 4.78 is 41.9. The van der Waals surface area contributed by atoms with E-state index in [0.29, 0.717) is 5.69 Å². The van der Waals surface area contributed by atoms with Gasteiger partial charge in [0.05, 0.1) is 21.2 Å². The third-order valence-corrected chi connectivity index (χ3v) is 8.66. The summed E-state index contributed by atoms with van der Waals surface area (Å²) in [4.78, 5) is 17.2. The number of rotatable bonds is 5. The Balaban J connectivity index is 1.58. The summed E-state index contributed by atoms with van der Waals surface area (Å²) in [6.45, 7) is -0.206. The van der Waals surface area contributed by atoms with Gasteiger partial charge in [-0.05, 0) is 48.7 Å². The molecule has 1 fully saturated rings. The van der Waals surface area contributed by atoms with Crippen LogP contribution in [0.15, 0.2) is 51.7 Å². The molecule has 2 atom stereocenters. The van der Waals surface area contributed by atoms with Crippen LogP contribution < -0.4 is 5.32 Å². The standard InChI is InChI=1S/C19H18FN3O4S3/c1-28-19-22-15-7-4-12(8-17(15)29-19)21-18(25)16-9-13(24)10-23(16)30(26,27)14-5-2-11(20)3-6-14/h2-8,13,16,24H,9-10H2,1H3,(H,21,25)/t13-,16+/m1/s1. The second kappa shape index (κ2) is 8.23. The largest absolute Gasteiger partial charge is 0.392 e. The van der Waals surface area contributed by atoms with Gasteiger partial charge in [0.2, 0.25) is 15.9 Å². The molecule has 1 aliphatic rings. The zero-order valence-corrected chi connectivity index (χ0v) is 18.2. The van der Waals surface area contributed by atoms with Crippen LogP contribution in [0.2, 0.25) is 0 Å². The number of halogens is 1. The van der Waals surface area contributed by atoms with Crippen molar-refractivity contribution < 1.29 is 22.7 Å². The van der Waals surface area contributed by atoms with Crippen LogP contribution in [0.3, 0.4) is 0 Å². The van der Waals surface area contributed by atoms with Gasteiger partial charge in [0, 0.05) is 18.7 Å². The van der Waals surface area contributed by atoms with Gasteiger partial charge in [-0.3, -0.25) is 4.79 Å². The molecule has 1 aromatic heterocycles. The molecule has 4 rings (SSSR count). The number of nitrogens with zero attached hydrogens (tertiary/aromatic N) is 2. The lowest BCUT2D eigenvalue weighted by Gasteiger charge is -2.23. The third-order valence-electron chi connectivity index (χ3n) is 4.77. The second-order valence-electron chi connectivity index (χ2n) is 6.79. The maximum atomic E-state index is 13.2. The predicted molar refractivity (Wildman–Crippen MR) is 115 cm³/mol. The Morgan fingerprint density at radius 1 is 1.30 bits per heavy atom. The number of anilines is 1.